The molecule has 8 nitrogen and oxygen atoms in total. The Morgan fingerprint density at radius 1 is 1.21 bits per heavy atom. The quantitative estimate of drug-likeness (QED) is 0.346. The normalized spacial score (nSPS) is 23.6. The summed E-state index contributed by atoms with van der Waals surface area (Å²) in [4.78, 5) is 19.9. The second kappa shape index (κ2) is 11.0. The van der Waals surface area contributed by atoms with Gasteiger partial charge in [-0.05, 0) is 49.6 Å². The van der Waals surface area contributed by atoms with Crippen LogP contribution in [0.1, 0.15) is 42.9 Å². The summed E-state index contributed by atoms with van der Waals surface area (Å²) >= 11 is 0. The number of nitriles is 1. The van der Waals surface area contributed by atoms with Crippen LogP contribution in [0.15, 0.2) is 53.1 Å². The van der Waals surface area contributed by atoms with Gasteiger partial charge in [0.25, 0.3) is 0 Å². The van der Waals surface area contributed by atoms with Crippen molar-refractivity contribution in [2.75, 3.05) is 36.0 Å². The Balaban J connectivity index is 1.37. The minimum Gasteiger partial charge on any atom is -0.441 e. The fraction of sp³-hybridized carbons (Fsp3) is 0.393. The zero-order valence-electron chi connectivity index (χ0n) is 21.3. The number of halogens is 2. The summed E-state index contributed by atoms with van der Waals surface area (Å²) in [7, 11) is -2.47. The van der Waals surface area contributed by atoms with E-state index in [1.165, 1.54) is 6.07 Å². The van der Waals surface area contributed by atoms with E-state index in [2.05, 4.69) is 15.2 Å². The van der Waals surface area contributed by atoms with E-state index in [1.54, 1.807) is 6.20 Å². The third kappa shape index (κ3) is 5.64. The minimum absolute atomic E-state index is 0.110. The SMILES string of the molecule is N#CCNC(=O)[C@]1(c2ccc(F)cc2F)CCCC(c2cnc(-c3ccc(N4CCS(O)(O)CC4)cc3)o2)C1. The molecule has 5 rings (SSSR count). The third-order valence-electron chi connectivity index (χ3n) is 7.74. The number of nitrogens with zero attached hydrogens (tertiary/aromatic N) is 3. The average molecular weight is 557 g/mol. The maximum atomic E-state index is 15.0. The molecule has 2 atom stereocenters. The smallest absolute Gasteiger partial charge is 0.231 e. The Labute approximate surface area is 227 Å². The Bertz CT molecular complexity index is 1380. The van der Waals surface area contributed by atoms with E-state index in [1.807, 2.05) is 30.3 Å². The van der Waals surface area contributed by atoms with Crippen LogP contribution in [-0.4, -0.2) is 51.1 Å². The molecule has 0 spiro atoms. The van der Waals surface area contributed by atoms with Crippen molar-refractivity contribution in [2.45, 2.75) is 37.0 Å². The molecule has 39 heavy (non-hydrogen) atoms. The fourth-order valence-corrected chi connectivity index (χ4v) is 6.90. The molecule has 1 amide bonds. The molecule has 2 aromatic carbocycles. The average Bonchev–Trinajstić information content (AvgIpc) is 3.42. The van der Waals surface area contributed by atoms with Gasteiger partial charge < -0.3 is 14.6 Å². The van der Waals surface area contributed by atoms with Crippen molar-refractivity contribution in [1.29, 1.82) is 5.26 Å². The van der Waals surface area contributed by atoms with E-state index in [0.29, 0.717) is 55.5 Å². The first kappa shape index (κ1) is 27.1. The van der Waals surface area contributed by atoms with Crippen molar-refractivity contribution in [3.05, 3.63) is 71.6 Å². The van der Waals surface area contributed by atoms with Gasteiger partial charge in [-0.3, -0.25) is 13.9 Å². The van der Waals surface area contributed by atoms with Crippen LogP contribution in [0.2, 0.25) is 0 Å². The van der Waals surface area contributed by atoms with Gasteiger partial charge in [0.1, 0.15) is 23.9 Å². The number of benzene rings is 2. The summed E-state index contributed by atoms with van der Waals surface area (Å²) in [6.07, 6.45) is 3.53. The molecule has 11 heteroatoms. The lowest BCUT2D eigenvalue weighted by molar-refractivity contribution is -0.128. The van der Waals surface area contributed by atoms with Crippen LogP contribution in [0.3, 0.4) is 0 Å². The van der Waals surface area contributed by atoms with Gasteiger partial charge in [0, 0.05) is 41.9 Å². The second-order valence-electron chi connectivity index (χ2n) is 10.2. The fourth-order valence-electron chi connectivity index (χ4n) is 5.67. The minimum atomic E-state index is -2.47. The van der Waals surface area contributed by atoms with E-state index < -0.39 is 33.5 Å². The standard InChI is InChI=1S/C28H30F2N4O4S/c29-21-5-8-23(24(30)16-21)28(27(35)32-11-10-31)9-1-2-20(17-28)25-18-33-26(38-25)19-3-6-22(7-4-19)34-12-14-39(36,37)15-13-34/h3-8,16,18,20,36-37H,1-2,9,11-15,17H2,(H,32,35)/t20?,28-/m1/s1. The highest BCUT2D eigenvalue weighted by atomic mass is 32.3. The van der Waals surface area contributed by atoms with E-state index >= 15 is 0 Å². The molecule has 1 saturated heterocycles. The van der Waals surface area contributed by atoms with Gasteiger partial charge in [0.2, 0.25) is 11.8 Å². The Morgan fingerprint density at radius 3 is 2.64 bits per heavy atom. The van der Waals surface area contributed by atoms with Crippen molar-refractivity contribution in [3.63, 3.8) is 0 Å². The molecule has 2 fully saturated rings. The van der Waals surface area contributed by atoms with E-state index in [0.717, 1.165) is 23.4 Å². The van der Waals surface area contributed by atoms with E-state index in [4.69, 9.17) is 9.68 Å². The molecule has 206 valence electrons. The van der Waals surface area contributed by atoms with Crippen molar-refractivity contribution >= 4 is 22.2 Å². The van der Waals surface area contributed by atoms with Gasteiger partial charge in [0.05, 0.1) is 29.2 Å². The first-order valence-corrected chi connectivity index (χ1v) is 14.7. The number of nitrogens with one attached hydrogen (secondary N) is 1. The van der Waals surface area contributed by atoms with Crippen LogP contribution in [0.4, 0.5) is 14.5 Å². The predicted molar refractivity (Wildman–Crippen MR) is 145 cm³/mol. The number of hydrogen-bond acceptors (Lipinski definition) is 7. The zero-order valence-corrected chi connectivity index (χ0v) is 22.1. The lowest BCUT2D eigenvalue weighted by atomic mass is 9.64. The highest BCUT2D eigenvalue weighted by Crippen LogP contribution is 2.47. The number of oxazole rings is 1. The lowest BCUT2D eigenvalue weighted by Crippen LogP contribution is -2.47. The number of anilines is 1. The molecule has 1 aromatic heterocycles. The number of carbonyl (C=O) groups is 1. The van der Waals surface area contributed by atoms with Gasteiger partial charge in [0.15, 0.2) is 0 Å². The maximum absolute atomic E-state index is 15.0. The summed E-state index contributed by atoms with van der Waals surface area (Å²) in [5, 5.41) is 11.6. The summed E-state index contributed by atoms with van der Waals surface area (Å²) in [5.41, 5.74) is 0.577. The summed E-state index contributed by atoms with van der Waals surface area (Å²) < 4.78 is 54.5. The molecule has 0 radical (unpaired) electrons. The van der Waals surface area contributed by atoms with Crippen molar-refractivity contribution in [2.24, 2.45) is 0 Å². The van der Waals surface area contributed by atoms with E-state index in [9.17, 15) is 22.7 Å². The molecule has 3 N–H and O–H groups in total. The molecule has 1 saturated carbocycles. The number of carbonyl (C=O) groups excluding carboxylic acids is 1. The second-order valence-corrected chi connectivity index (χ2v) is 12.6. The molecular formula is C28H30F2N4O4S. The first-order chi connectivity index (χ1) is 18.7. The number of hydrogen-bond donors (Lipinski definition) is 3. The largest absolute Gasteiger partial charge is 0.441 e. The van der Waals surface area contributed by atoms with Gasteiger partial charge >= 0.3 is 0 Å². The summed E-state index contributed by atoms with van der Waals surface area (Å²) in [6, 6.07) is 12.8. The van der Waals surface area contributed by atoms with E-state index in [-0.39, 0.29) is 24.4 Å². The molecule has 1 aliphatic heterocycles. The predicted octanol–water partition coefficient (Wildman–Crippen LogP) is 5.43. The molecule has 2 aliphatic rings. The molecular weight excluding hydrogens is 526 g/mol. The molecule has 1 aliphatic carbocycles. The monoisotopic (exact) mass is 556 g/mol. The lowest BCUT2D eigenvalue weighted by Gasteiger charge is -2.41. The topological polar surface area (TPSA) is 123 Å². The van der Waals surface area contributed by atoms with Gasteiger partial charge in [-0.2, -0.15) is 15.9 Å². The summed E-state index contributed by atoms with van der Waals surface area (Å²) in [6.45, 7) is 0.936. The van der Waals surface area contributed by atoms with Crippen LogP contribution >= 0.6 is 10.6 Å². The zero-order chi connectivity index (χ0) is 27.6. The Morgan fingerprint density at radius 2 is 1.95 bits per heavy atom. The number of amides is 1. The van der Waals surface area contributed by atoms with Crippen LogP contribution in [0.5, 0.6) is 0 Å². The Kier molecular flexibility index (Phi) is 7.62. The maximum Gasteiger partial charge on any atom is 0.231 e. The molecule has 2 heterocycles. The highest BCUT2D eigenvalue weighted by Gasteiger charge is 2.46. The molecule has 3 aromatic rings. The molecule has 1 unspecified atom stereocenters. The van der Waals surface area contributed by atoms with Gasteiger partial charge in [-0.25, -0.2) is 13.8 Å². The first-order valence-electron chi connectivity index (χ1n) is 12.9. The van der Waals surface area contributed by atoms with Gasteiger partial charge in [-0.15, -0.1) is 0 Å². The van der Waals surface area contributed by atoms with Gasteiger partial charge in [-0.1, -0.05) is 12.5 Å². The van der Waals surface area contributed by atoms with Crippen LogP contribution < -0.4 is 10.2 Å². The van der Waals surface area contributed by atoms with Crippen LogP contribution in [0, 0.1) is 23.0 Å². The third-order valence-corrected chi connectivity index (χ3v) is 9.41. The van der Waals surface area contributed by atoms with Crippen molar-refractivity contribution in [1.82, 2.24) is 10.3 Å². The van der Waals surface area contributed by atoms with Crippen LogP contribution in [-0.2, 0) is 10.2 Å². The molecule has 0 bridgehead atoms. The number of rotatable bonds is 6. The highest BCUT2D eigenvalue weighted by molar-refractivity contribution is 8.24. The number of aromatic nitrogens is 1. The van der Waals surface area contributed by atoms with Crippen molar-refractivity contribution in [3.8, 4) is 17.5 Å². The summed E-state index contributed by atoms with van der Waals surface area (Å²) in [5.74, 6) is -0.498. The van der Waals surface area contributed by atoms with Crippen molar-refractivity contribution < 1.29 is 27.1 Å². The van der Waals surface area contributed by atoms with Crippen LogP contribution in [0.25, 0.3) is 11.5 Å². The Hall–Kier alpha value is -3.46.